The molecular weight excluding hydrogens is 194 g/mol. The van der Waals surface area contributed by atoms with Gasteiger partial charge in [0.15, 0.2) is 0 Å². The van der Waals surface area contributed by atoms with Crippen LogP contribution in [0.15, 0.2) is 30.6 Å². The molecule has 2 aromatic rings. The molecule has 0 atom stereocenters. The van der Waals surface area contributed by atoms with Gasteiger partial charge >= 0.3 is 0 Å². The van der Waals surface area contributed by atoms with Crippen LogP contribution in [-0.2, 0) is 0 Å². The van der Waals surface area contributed by atoms with Crippen LogP contribution in [0.25, 0.3) is 10.8 Å². The SMILES string of the molecule is CC.Cc1cncc2cc(Cl)ccc12. The van der Waals surface area contributed by atoms with Gasteiger partial charge in [0.1, 0.15) is 0 Å². The number of hydrogen-bond donors (Lipinski definition) is 0. The number of aromatic nitrogens is 1. The second-order valence-electron chi connectivity index (χ2n) is 2.82. The predicted molar refractivity (Wildman–Crippen MR) is 62.8 cm³/mol. The molecule has 0 spiro atoms. The minimum absolute atomic E-state index is 0.759. The van der Waals surface area contributed by atoms with E-state index in [1.54, 1.807) is 0 Å². The molecule has 74 valence electrons. The van der Waals surface area contributed by atoms with Crippen LogP contribution < -0.4 is 0 Å². The molecule has 0 unspecified atom stereocenters. The summed E-state index contributed by atoms with van der Waals surface area (Å²) in [7, 11) is 0. The van der Waals surface area contributed by atoms with Gasteiger partial charge in [0.2, 0.25) is 0 Å². The third kappa shape index (κ3) is 2.24. The van der Waals surface area contributed by atoms with Crippen molar-refractivity contribution in [3.05, 3.63) is 41.2 Å². The van der Waals surface area contributed by atoms with Crippen LogP contribution in [0.4, 0.5) is 0 Å². The van der Waals surface area contributed by atoms with Crippen molar-refractivity contribution < 1.29 is 0 Å². The Hall–Kier alpha value is -1.08. The van der Waals surface area contributed by atoms with Gasteiger partial charge in [0.05, 0.1) is 0 Å². The molecule has 0 saturated heterocycles. The van der Waals surface area contributed by atoms with E-state index in [0.717, 1.165) is 10.4 Å². The first kappa shape index (κ1) is 11.0. The summed E-state index contributed by atoms with van der Waals surface area (Å²) in [5.74, 6) is 0. The molecule has 0 N–H and O–H groups in total. The van der Waals surface area contributed by atoms with Crippen LogP contribution in [0.5, 0.6) is 0 Å². The first-order chi connectivity index (χ1) is 6.77. The van der Waals surface area contributed by atoms with Gasteiger partial charge in [0.25, 0.3) is 0 Å². The van der Waals surface area contributed by atoms with Crippen molar-refractivity contribution in [1.29, 1.82) is 0 Å². The maximum absolute atomic E-state index is 5.84. The third-order valence-corrected chi connectivity index (χ3v) is 2.16. The Bertz CT molecular complexity index is 424. The van der Waals surface area contributed by atoms with Gasteiger partial charge in [-0.15, -0.1) is 0 Å². The van der Waals surface area contributed by atoms with Crippen LogP contribution in [0.3, 0.4) is 0 Å². The fourth-order valence-electron chi connectivity index (χ4n) is 1.30. The molecule has 0 aliphatic rings. The molecule has 0 radical (unpaired) electrons. The minimum atomic E-state index is 0.759. The summed E-state index contributed by atoms with van der Waals surface area (Å²) < 4.78 is 0. The Labute approximate surface area is 89.7 Å². The fourth-order valence-corrected chi connectivity index (χ4v) is 1.48. The highest BCUT2D eigenvalue weighted by atomic mass is 35.5. The second kappa shape index (κ2) is 4.97. The zero-order valence-corrected chi connectivity index (χ0v) is 9.47. The number of fused-ring (bicyclic) bond motifs is 1. The van der Waals surface area contributed by atoms with Crippen LogP contribution in [0, 0.1) is 6.92 Å². The molecule has 0 amide bonds. The molecule has 0 aliphatic heterocycles. The van der Waals surface area contributed by atoms with Crippen molar-refractivity contribution in [1.82, 2.24) is 4.98 Å². The predicted octanol–water partition coefficient (Wildman–Crippen LogP) is 4.22. The molecule has 0 saturated carbocycles. The summed E-state index contributed by atoms with van der Waals surface area (Å²) in [6.45, 7) is 6.04. The summed E-state index contributed by atoms with van der Waals surface area (Å²) in [6.07, 6.45) is 3.68. The molecule has 0 bridgehead atoms. The lowest BCUT2D eigenvalue weighted by atomic mass is 10.1. The fraction of sp³-hybridized carbons (Fsp3) is 0.250. The highest BCUT2D eigenvalue weighted by Crippen LogP contribution is 2.20. The maximum atomic E-state index is 5.84. The monoisotopic (exact) mass is 207 g/mol. The Morgan fingerprint density at radius 1 is 1.14 bits per heavy atom. The van der Waals surface area contributed by atoms with Crippen LogP contribution in [0.2, 0.25) is 5.02 Å². The van der Waals surface area contributed by atoms with E-state index in [2.05, 4.69) is 4.98 Å². The van der Waals surface area contributed by atoms with Gasteiger partial charge in [-0.3, -0.25) is 4.98 Å². The largest absolute Gasteiger partial charge is 0.264 e. The Kier molecular flexibility index (Phi) is 3.90. The highest BCUT2D eigenvalue weighted by molar-refractivity contribution is 6.31. The molecule has 1 heterocycles. The van der Waals surface area contributed by atoms with Crippen molar-refractivity contribution in [3.8, 4) is 0 Å². The Morgan fingerprint density at radius 2 is 1.86 bits per heavy atom. The molecule has 0 fully saturated rings. The average Bonchev–Trinajstić information content (AvgIpc) is 2.21. The smallest absolute Gasteiger partial charge is 0.0412 e. The number of nitrogens with zero attached hydrogens (tertiary/aromatic N) is 1. The van der Waals surface area contributed by atoms with Gasteiger partial charge in [-0.1, -0.05) is 31.5 Å². The van der Waals surface area contributed by atoms with Crippen molar-refractivity contribution in [2.24, 2.45) is 0 Å². The van der Waals surface area contributed by atoms with Crippen LogP contribution in [0.1, 0.15) is 19.4 Å². The molecule has 1 nitrogen and oxygen atoms in total. The van der Waals surface area contributed by atoms with Crippen molar-refractivity contribution in [2.45, 2.75) is 20.8 Å². The number of aryl methyl sites for hydroxylation is 1. The summed E-state index contributed by atoms with van der Waals surface area (Å²) in [4.78, 5) is 4.09. The van der Waals surface area contributed by atoms with Crippen molar-refractivity contribution in [3.63, 3.8) is 0 Å². The van der Waals surface area contributed by atoms with Crippen molar-refractivity contribution >= 4 is 22.4 Å². The van der Waals surface area contributed by atoms with E-state index in [0.29, 0.717) is 0 Å². The molecule has 2 heteroatoms. The van der Waals surface area contributed by atoms with Gasteiger partial charge in [-0.25, -0.2) is 0 Å². The zero-order chi connectivity index (χ0) is 10.6. The summed E-state index contributed by atoms with van der Waals surface area (Å²) >= 11 is 5.84. The van der Waals surface area contributed by atoms with Gasteiger partial charge < -0.3 is 0 Å². The van der Waals surface area contributed by atoms with E-state index in [-0.39, 0.29) is 0 Å². The van der Waals surface area contributed by atoms with E-state index < -0.39 is 0 Å². The van der Waals surface area contributed by atoms with E-state index in [1.807, 2.05) is 51.4 Å². The molecule has 2 rings (SSSR count). The number of benzene rings is 1. The third-order valence-electron chi connectivity index (χ3n) is 1.92. The first-order valence-electron chi connectivity index (χ1n) is 4.77. The normalized spacial score (nSPS) is 9.43. The maximum Gasteiger partial charge on any atom is 0.0412 e. The molecule has 0 aliphatic carbocycles. The van der Waals surface area contributed by atoms with Crippen molar-refractivity contribution in [2.75, 3.05) is 0 Å². The highest BCUT2D eigenvalue weighted by Gasteiger charge is 1.96. The van der Waals surface area contributed by atoms with Gasteiger partial charge in [-0.2, -0.15) is 0 Å². The van der Waals surface area contributed by atoms with Crippen LogP contribution in [-0.4, -0.2) is 4.98 Å². The average molecular weight is 208 g/mol. The number of rotatable bonds is 0. The molecule has 14 heavy (non-hydrogen) atoms. The topological polar surface area (TPSA) is 12.9 Å². The van der Waals surface area contributed by atoms with E-state index >= 15 is 0 Å². The number of hydrogen-bond acceptors (Lipinski definition) is 1. The molecule has 1 aromatic carbocycles. The first-order valence-corrected chi connectivity index (χ1v) is 5.15. The van der Waals surface area contributed by atoms with E-state index in [1.165, 1.54) is 10.9 Å². The summed E-state index contributed by atoms with van der Waals surface area (Å²) in [6, 6.07) is 5.85. The van der Waals surface area contributed by atoms with E-state index in [9.17, 15) is 0 Å². The molecule has 1 aromatic heterocycles. The summed E-state index contributed by atoms with van der Waals surface area (Å²) in [5.41, 5.74) is 1.18. The van der Waals surface area contributed by atoms with Gasteiger partial charge in [0, 0.05) is 22.8 Å². The summed E-state index contributed by atoms with van der Waals surface area (Å²) in [5, 5.41) is 3.08. The zero-order valence-electron chi connectivity index (χ0n) is 8.71. The quantitative estimate of drug-likeness (QED) is 0.630. The minimum Gasteiger partial charge on any atom is -0.264 e. The van der Waals surface area contributed by atoms with E-state index in [4.69, 9.17) is 11.6 Å². The number of pyridine rings is 1. The lowest BCUT2D eigenvalue weighted by Gasteiger charge is -2.00. The Morgan fingerprint density at radius 3 is 2.57 bits per heavy atom. The second-order valence-corrected chi connectivity index (χ2v) is 3.26. The lowest BCUT2D eigenvalue weighted by molar-refractivity contribution is 1.31. The Balaban J connectivity index is 0.000000461. The lowest BCUT2D eigenvalue weighted by Crippen LogP contribution is -1.80. The standard InChI is InChI=1S/C10H8ClN.C2H6/c1-7-5-12-6-8-4-9(11)2-3-10(7)8;1-2/h2-6H,1H3;1-2H3. The molecular formula is C12H14ClN. The number of halogens is 1. The van der Waals surface area contributed by atoms with Crippen LogP contribution >= 0.6 is 11.6 Å². The van der Waals surface area contributed by atoms with Gasteiger partial charge in [-0.05, 0) is 30.0 Å².